The molecule has 0 saturated carbocycles. The Kier molecular flexibility index (Phi) is 10.6. The minimum Gasteiger partial charge on any atom is -0.490 e. The molecule has 0 bridgehead atoms. The molecule has 0 aliphatic carbocycles. The van der Waals surface area contributed by atoms with E-state index in [-0.39, 0.29) is 13.2 Å². The molecule has 0 saturated heterocycles. The Balaban J connectivity index is 1.95. The first-order valence-corrected chi connectivity index (χ1v) is 11.1. The van der Waals surface area contributed by atoms with E-state index >= 15 is 0 Å². The van der Waals surface area contributed by atoms with Crippen molar-refractivity contribution in [3.05, 3.63) is 51.5 Å². The van der Waals surface area contributed by atoms with Gasteiger partial charge in [-0.15, -0.1) is 0 Å². The molecule has 0 heterocycles. The van der Waals surface area contributed by atoms with E-state index in [1.165, 1.54) is 6.21 Å². The first kappa shape index (κ1) is 26.1. The zero-order valence-electron chi connectivity index (χ0n) is 18.0. The van der Waals surface area contributed by atoms with Crippen molar-refractivity contribution in [3.63, 3.8) is 0 Å². The first-order valence-electron chi connectivity index (χ1n) is 9.94. The Morgan fingerprint density at radius 1 is 1.06 bits per heavy atom. The van der Waals surface area contributed by atoms with Crippen LogP contribution in [0.25, 0.3) is 0 Å². The summed E-state index contributed by atoms with van der Waals surface area (Å²) in [5.74, 6) is -0.859. The first-order chi connectivity index (χ1) is 15.8. The molecule has 11 heteroatoms. The summed E-state index contributed by atoms with van der Waals surface area (Å²) >= 11 is 9.18. The number of anilines is 1. The molecule has 0 aromatic heterocycles. The molecule has 176 valence electrons. The van der Waals surface area contributed by atoms with Crippen LogP contribution in [0.5, 0.6) is 11.5 Å². The summed E-state index contributed by atoms with van der Waals surface area (Å²) in [5.41, 5.74) is 3.41. The van der Waals surface area contributed by atoms with Crippen LogP contribution >= 0.6 is 27.5 Å². The number of hydrogen-bond acceptors (Lipinski definition) is 7. The minimum atomic E-state index is -0.587. The summed E-state index contributed by atoms with van der Waals surface area (Å²) < 4.78 is 16.5. The van der Waals surface area contributed by atoms with Gasteiger partial charge in [0.1, 0.15) is 6.42 Å². The number of rotatable bonds is 11. The van der Waals surface area contributed by atoms with Crippen LogP contribution < -0.4 is 20.2 Å². The van der Waals surface area contributed by atoms with Crippen LogP contribution in [0.3, 0.4) is 0 Å². The Morgan fingerprint density at radius 3 is 2.45 bits per heavy atom. The summed E-state index contributed by atoms with van der Waals surface area (Å²) in [5, 5.41) is 7.00. The lowest BCUT2D eigenvalue weighted by Gasteiger charge is -2.14. The van der Waals surface area contributed by atoms with Crippen molar-refractivity contribution in [1.29, 1.82) is 0 Å². The van der Waals surface area contributed by atoms with Crippen molar-refractivity contribution in [2.45, 2.75) is 20.3 Å². The summed E-state index contributed by atoms with van der Waals surface area (Å²) in [7, 11) is 0. The third-order valence-corrected chi connectivity index (χ3v) is 4.66. The molecular formula is C22H23BrClN3O6. The number of carbonyl (C=O) groups excluding carboxylic acids is 3. The number of nitrogens with zero attached hydrogens (tertiary/aromatic N) is 1. The van der Waals surface area contributed by atoms with Crippen LogP contribution in [-0.4, -0.2) is 43.8 Å². The summed E-state index contributed by atoms with van der Waals surface area (Å²) in [6.45, 7) is 3.86. The van der Waals surface area contributed by atoms with Gasteiger partial charge in [0.25, 0.3) is 0 Å². The highest BCUT2D eigenvalue weighted by Gasteiger charge is 2.14. The average molecular weight is 541 g/mol. The Labute approximate surface area is 204 Å². The Bertz CT molecular complexity index is 1010. The second-order valence-corrected chi connectivity index (χ2v) is 7.67. The standard InChI is InChI=1S/C22H23BrClN3O6/c1-3-31-18-10-14(9-17(23)22(18)33-13-21(30)32-4-2)12-25-27-20(29)11-19(28)26-16-7-5-15(24)6-8-16/h5-10,12H,3-4,11,13H2,1-2H3,(H,26,28)(H,27,29). The van der Waals surface area contributed by atoms with Crippen molar-refractivity contribution in [2.75, 3.05) is 25.1 Å². The number of benzene rings is 2. The number of halogens is 2. The van der Waals surface area contributed by atoms with E-state index in [0.29, 0.717) is 38.9 Å². The molecule has 2 N–H and O–H groups in total. The quantitative estimate of drug-likeness (QED) is 0.193. The van der Waals surface area contributed by atoms with Crippen LogP contribution in [0.2, 0.25) is 5.02 Å². The van der Waals surface area contributed by atoms with Crippen LogP contribution in [0, 0.1) is 0 Å². The molecule has 2 rings (SSSR count). The maximum absolute atomic E-state index is 12.0. The van der Waals surface area contributed by atoms with Crippen molar-refractivity contribution in [1.82, 2.24) is 5.43 Å². The predicted octanol–water partition coefficient (Wildman–Crippen LogP) is 3.92. The van der Waals surface area contributed by atoms with Gasteiger partial charge in [0.15, 0.2) is 18.1 Å². The second-order valence-electron chi connectivity index (χ2n) is 6.38. The minimum absolute atomic E-state index is 0.256. The van der Waals surface area contributed by atoms with Crippen molar-refractivity contribution >= 4 is 57.2 Å². The van der Waals surface area contributed by atoms with E-state index in [9.17, 15) is 14.4 Å². The SMILES string of the molecule is CCOC(=O)COc1c(Br)cc(C=NNC(=O)CC(=O)Nc2ccc(Cl)cc2)cc1OCC. The fourth-order valence-corrected chi connectivity index (χ4v) is 3.20. The smallest absolute Gasteiger partial charge is 0.344 e. The van der Waals surface area contributed by atoms with Crippen LogP contribution in [0.15, 0.2) is 46.0 Å². The third-order valence-electron chi connectivity index (χ3n) is 3.82. The monoisotopic (exact) mass is 539 g/mol. The number of carbonyl (C=O) groups is 3. The largest absolute Gasteiger partial charge is 0.490 e. The lowest BCUT2D eigenvalue weighted by atomic mass is 10.2. The van der Waals surface area contributed by atoms with Gasteiger partial charge < -0.3 is 19.5 Å². The van der Waals surface area contributed by atoms with E-state index in [0.717, 1.165) is 0 Å². The van der Waals surface area contributed by atoms with E-state index in [1.54, 1.807) is 50.2 Å². The number of ether oxygens (including phenoxy) is 3. The molecule has 0 fully saturated rings. The number of amides is 2. The van der Waals surface area contributed by atoms with Gasteiger partial charge in [0, 0.05) is 10.7 Å². The third kappa shape index (κ3) is 9.11. The summed E-state index contributed by atoms with van der Waals surface area (Å²) in [6, 6.07) is 9.82. The highest BCUT2D eigenvalue weighted by atomic mass is 79.9. The van der Waals surface area contributed by atoms with Gasteiger partial charge in [-0.05, 0) is 71.7 Å². The van der Waals surface area contributed by atoms with Crippen LogP contribution in [0.1, 0.15) is 25.8 Å². The molecule has 0 aliphatic heterocycles. The molecule has 0 aliphatic rings. The predicted molar refractivity (Wildman–Crippen MR) is 128 cm³/mol. The number of hydrazone groups is 1. The number of hydrogen-bond donors (Lipinski definition) is 2. The highest BCUT2D eigenvalue weighted by Crippen LogP contribution is 2.36. The maximum atomic E-state index is 12.0. The van der Waals surface area contributed by atoms with E-state index in [1.807, 2.05) is 0 Å². The van der Waals surface area contributed by atoms with Crippen LogP contribution in [0.4, 0.5) is 5.69 Å². The zero-order valence-corrected chi connectivity index (χ0v) is 20.4. The molecule has 9 nitrogen and oxygen atoms in total. The van der Waals surface area contributed by atoms with Gasteiger partial charge in [-0.1, -0.05) is 11.6 Å². The number of nitrogens with one attached hydrogen (secondary N) is 2. The molecule has 2 aromatic carbocycles. The van der Waals surface area contributed by atoms with Crippen molar-refractivity contribution in [3.8, 4) is 11.5 Å². The normalized spacial score (nSPS) is 10.5. The second kappa shape index (κ2) is 13.4. The lowest BCUT2D eigenvalue weighted by Crippen LogP contribution is -2.24. The van der Waals surface area contributed by atoms with Crippen molar-refractivity contribution < 1.29 is 28.6 Å². The molecule has 2 amide bonds. The fourth-order valence-electron chi connectivity index (χ4n) is 2.50. The fraction of sp³-hybridized carbons (Fsp3) is 0.273. The maximum Gasteiger partial charge on any atom is 0.344 e. The molecular weight excluding hydrogens is 518 g/mol. The Hall–Kier alpha value is -3.11. The van der Waals surface area contributed by atoms with Crippen molar-refractivity contribution in [2.24, 2.45) is 5.10 Å². The van der Waals surface area contributed by atoms with Crippen LogP contribution in [-0.2, 0) is 19.1 Å². The van der Waals surface area contributed by atoms with Gasteiger partial charge in [-0.3, -0.25) is 9.59 Å². The summed E-state index contributed by atoms with van der Waals surface area (Å²) in [4.78, 5) is 35.5. The van der Waals surface area contributed by atoms with E-state index in [2.05, 4.69) is 31.8 Å². The Morgan fingerprint density at radius 2 is 1.79 bits per heavy atom. The number of esters is 1. The van der Waals surface area contributed by atoms with Gasteiger partial charge >= 0.3 is 5.97 Å². The topological polar surface area (TPSA) is 115 Å². The molecule has 2 aromatic rings. The van der Waals surface area contributed by atoms with E-state index in [4.69, 9.17) is 25.8 Å². The highest BCUT2D eigenvalue weighted by molar-refractivity contribution is 9.10. The lowest BCUT2D eigenvalue weighted by molar-refractivity contribution is -0.145. The molecule has 0 atom stereocenters. The summed E-state index contributed by atoms with van der Waals surface area (Å²) in [6.07, 6.45) is 0.978. The van der Waals surface area contributed by atoms with Gasteiger partial charge in [-0.25, -0.2) is 10.2 Å². The van der Waals surface area contributed by atoms with Gasteiger partial charge in [0.05, 0.1) is 23.9 Å². The molecule has 0 spiro atoms. The molecule has 33 heavy (non-hydrogen) atoms. The molecule has 0 radical (unpaired) electrons. The van der Waals surface area contributed by atoms with Gasteiger partial charge in [0.2, 0.25) is 11.8 Å². The zero-order chi connectivity index (χ0) is 24.2. The molecule has 0 unspecified atom stereocenters. The average Bonchev–Trinajstić information content (AvgIpc) is 2.75. The van der Waals surface area contributed by atoms with E-state index < -0.39 is 24.2 Å². The van der Waals surface area contributed by atoms with Gasteiger partial charge in [-0.2, -0.15) is 5.10 Å².